The van der Waals surface area contributed by atoms with Gasteiger partial charge in [0, 0.05) is 6.08 Å². The first-order chi connectivity index (χ1) is 9.02. The van der Waals surface area contributed by atoms with Gasteiger partial charge in [-0.25, -0.2) is 4.79 Å². The van der Waals surface area contributed by atoms with E-state index in [1.54, 1.807) is 18.2 Å². The van der Waals surface area contributed by atoms with Crippen molar-refractivity contribution in [2.45, 2.75) is 12.7 Å². The van der Waals surface area contributed by atoms with Crippen molar-refractivity contribution in [3.05, 3.63) is 46.5 Å². The number of carbonyl (C=O) groups is 1. The van der Waals surface area contributed by atoms with Gasteiger partial charge in [0.15, 0.2) is 0 Å². The molecule has 1 unspecified atom stereocenters. The van der Waals surface area contributed by atoms with Crippen LogP contribution in [0, 0.1) is 0 Å². The Balaban J connectivity index is 2.27. The third-order valence-corrected chi connectivity index (χ3v) is 2.89. The predicted octanol–water partition coefficient (Wildman–Crippen LogP) is 2.60. The largest absolute Gasteiger partial charge is 0.460 e. The second-order valence-corrected chi connectivity index (χ2v) is 4.57. The van der Waals surface area contributed by atoms with Crippen LogP contribution < -0.4 is 0 Å². The standard InChI is InChI=1S/C13H14Cl2O4/c1-2-13(17)19-8-10(16)7-18-6-9-3-4-11(14)12(15)5-9/h2-5,10,16H,1,6-8H2. The Morgan fingerprint density at radius 1 is 1.37 bits per heavy atom. The van der Waals surface area contributed by atoms with Gasteiger partial charge in [-0.05, 0) is 17.7 Å². The van der Waals surface area contributed by atoms with Crippen LogP contribution >= 0.6 is 23.2 Å². The summed E-state index contributed by atoms with van der Waals surface area (Å²) in [7, 11) is 0. The molecule has 0 saturated heterocycles. The molecule has 0 aliphatic rings. The van der Waals surface area contributed by atoms with Crippen molar-refractivity contribution >= 4 is 29.2 Å². The fourth-order valence-electron chi connectivity index (χ4n) is 1.23. The smallest absolute Gasteiger partial charge is 0.330 e. The van der Waals surface area contributed by atoms with E-state index in [4.69, 9.17) is 27.9 Å². The van der Waals surface area contributed by atoms with Crippen LogP contribution in [-0.2, 0) is 20.9 Å². The van der Waals surface area contributed by atoms with Crippen molar-refractivity contribution in [2.75, 3.05) is 13.2 Å². The molecule has 0 amide bonds. The van der Waals surface area contributed by atoms with Crippen molar-refractivity contribution in [3.8, 4) is 0 Å². The summed E-state index contributed by atoms with van der Waals surface area (Å²) in [5.41, 5.74) is 0.838. The van der Waals surface area contributed by atoms with Crippen molar-refractivity contribution in [3.63, 3.8) is 0 Å². The summed E-state index contributed by atoms with van der Waals surface area (Å²) in [6, 6.07) is 5.14. The average molecular weight is 305 g/mol. The lowest BCUT2D eigenvalue weighted by atomic mass is 10.2. The van der Waals surface area contributed by atoms with Crippen LogP contribution in [0.15, 0.2) is 30.9 Å². The van der Waals surface area contributed by atoms with E-state index in [-0.39, 0.29) is 19.8 Å². The molecule has 1 N–H and O–H groups in total. The second kappa shape index (κ2) is 8.17. The summed E-state index contributed by atoms with van der Waals surface area (Å²) < 4.78 is 9.94. The van der Waals surface area contributed by atoms with Gasteiger partial charge in [-0.1, -0.05) is 35.8 Å². The van der Waals surface area contributed by atoms with Gasteiger partial charge in [0.25, 0.3) is 0 Å². The van der Waals surface area contributed by atoms with Gasteiger partial charge in [-0.15, -0.1) is 0 Å². The zero-order valence-electron chi connectivity index (χ0n) is 10.1. The van der Waals surface area contributed by atoms with E-state index < -0.39 is 12.1 Å². The number of aliphatic hydroxyl groups is 1. The summed E-state index contributed by atoms with van der Waals surface area (Å²) in [6.45, 7) is 3.44. The maximum absolute atomic E-state index is 10.8. The van der Waals surface area contributed by atoms with Gasteiger partial charge in [-0.3, -0.25) is 0 Å². The van der Waals surface area contributed by atoms with Crippen LogP contribution in [-0.4, -0.2) is 30.4 Å². The minimum absolute atomic E-state index is 0.0463. The molecule has 0 aliphatic heterocycles. The lowest BCUT2D eigenvalue weighted by Gasteiger charge is -2.11. The van der Waals surface area contributed by atoms with E-state index >= 15 is 0 Å². The number of carbonyl (C=O) groups excluding carboxylic acids is 1. The molecule has 0 aromatic heterocycles. The molecule has 1 atom stereocenters. The topological polar surface area (TPSA) is 55.8 Å². The number of hydrogen-bond donors (Lipinski definition) is 1. The first-order valence-corrected chi connectivity index (χ1v) is 6.27. The van der Waals surface area contributed by atoms with E-state index in [0.717, 1.165) is 11.6 Å². The number of esters is 1. The van der Waals surface area contributed by atoms with Crippen molar-refractivity contribution < 1.29 is 19.4 Å². The highest BCUT2D eigenvalue weighted by atomic mass is 35.5. The molecule has 0 saturated carbocycles. The molecule has 1 aromatic rings. The number of benzene rings is 1. The fraction of sp³-hybridized carbons (Fsp3) is 0.308. The van der Waals surface area contributed by atoms with Gasteiger partial charge in [-0.2, -0.15) is 0 Å². The Labute approximate surface area is 121 Å². The number of ether oxygens (including phenoxy) is 2. The average Bonchev–Trinajstić information content (AvgIpc) is 2.40. The molecular formula is C13H14Cl2O4. The van der Waals surface area contributed by atoms with Crippen LogP contribution in [0.2, 0.25) is 10.0 Å². The molecule has 0 aliphatic carbocycles. The van der Waals surface area contributed by atoms with E-state index in [2.05, 4.69) is 11.3 Å². The molecule has 0 heterocycles. The maximum Gasteiger partial charge on any atom is 0.330 e. The fourth-order valence-corrected chi connectivity index (χ4v) is 1.55. The van der Waals surface area contributed by atoms with Crippen LogP contribution in [0.3, 0.4) is 0 Å². The molecule has 6 heteroatoms. The Kier molecular flexibility index (Phi) is 6.87. The highest BCUT2D eigenvalue weighted by Gasteiger charge is 2.07. The molecule has 0 radical (unpaired) electrons. The normalized spacial score (nSPS) is 11.9. The van der Waals surface area contributed by atoms with Crippen molar-refractivity contribution in [1.29, 1.82) is 0 Å². The van der Waals surface area contributed by atoms with Gasteiger partial charge in [0.2, 0.25) is 0 Å². The van der Waals surface area contributed by atoms with Gasteiger partial charge in [0.1, 0.15) is 12.7 Å². The molecule has 19 heavy (non-hydrogen) atoms. The molecule has 0 bridgehead atoms. The summed E-state index contributed by atoms with van der Waals surface area (Å²) in [5.74, 6) is -0.580. The molecule has 4 nitrogen and oxygen atoms in total. The summed E-state index contributed by atoms with van der Waals surface area (Å²) in [6.07, 6.45) is 0.148. The lowest BCUT2D eigenvalue weighted by molar-refractivity contribution is -0.141. The minimum atomic E-state index is -0.883. The van der Waals surface area contributed by atoms with Crippen LogP contribution in [0.5, 0.6) is 0 Å². The quantitative estimate of drug-likeness (QED) is 0.621. The van der Waals surface area contributed by atoms with E-state index in [1.807, 2.05) is 0 Å². The lowest BCUT2D eigenvalue weighted by Crippen LogP contribution is -2.23. The van der Waals surface area contributed by atoms with Gasteiger partial charge in [0.05, 0.1) is 23.3 Å². The van der Waals surface area contributed by atoms with Crippen LogP contribution in [0.1, 0.15) is 5.56 Å². The third kappa shape index (κ3) is 6.07. The Morgan fingerprint density at radius 2 is 2.11 bits per heavy atom. The van der Waals surface area contributed by atoms with E-state index in [0.29, 0.717) is 10.0 Å². The van der Waals surface area contributed by atoms with E-state index in [9.17, 15) is 9.90 Å². The Bertz CT molecular complexity index is 448. The summed E-state index contributed by atoms with van der Waals surface area (Å²) >= 11 is 11.6. The predicted molar refractivity (Wildman–Crippen MR) is 73.3 cm³/mol. The molecule has 1 aromatic carbocycles. The molecule has 104 valence electrons. The highest BCUT2D eigenvalue weighted by Crippen LogP contribution is 2.22. The number of halogens is 2. The number of rotatable bonds is 7. The SMILES string of the molecule is C=CC(=O)OCC(O)COCc1ccc(Cl)c(Cl)c1. The molecule has 1 rings (SSSR count). The Hall–Kier alpha value is -1.07. The minimum Gasteiger partial charge on any atom is -0.460 e. The number of aliphatic hydroxyl groups excluding tert-OH is 1. The third-order valence-electron chi connectivity index (χ3n) is 2.15. The maximum atomic E-state index is 10.8. The van der Waals surface area contributed by atoms with Crippen molar-refractivity contribution in [2.24, 2.45) is 0 Å². The zero-order chi connectivity index (χ0) is 14.3. The van der Waals surface area contributed by atoms with Crippen molar-refractivity contribution in [1.82, 2.24) is 0 Å². The van der Waals surface area contributed by atoms with E-state index in [1.165, 1.54) is 0 Å². The first-order valence-electron chi connectivity index (χ1n) is 5.52. The summed E-state index contributed by atoms with van der Waals surface area (Å²) in [4.78, 5) is 10.8. The van der Waals surface area contributed by atoms with Crippen LogP contribution in [0.4, 0.5) is 0 Å². The molecule has 0 spiro atoms. The molecule has 0 fully saturated rings. The summed E-state index contributed by atoms with van der Waals surface area (Å²) in [5, 5.41) is 10.4. The zero-order valence-corrected chi connectivity index (χ0v) is 11.7. The highest BCUT2D eigenvalue weighted by molar-refractivity contribution is 6.42. The first kappa shape index (κ1) is 16.0. The molecular weight excluding hydrogens is 291 g/mol. The number of hydrogen-bond acceptors (Lipinski definition) is 4. The Morgan fingerprint density at radius 3 is 2.74 bits per heavy atom. The second-order valence-electron chi connectivity index (χ2n) is 3.75. The van der Waals surface area contributed by atoms with Gasteiger partial charge >= 0.3 is 5.97 Å². The van der Waals surface area contributed by atoms with Crippen LogP contribution in [0.25, 0.3) is 0 Å². The monoisotopic (exact) mass is 304 g/mol. The van der Waals surface area contributed by atoms with Gasteiger partial charge < -0.3 is 14.6 Å².